The molecule has 3 rings (SSSR count). The van der Waals surface area contributed by atoms with E-state index in [9.17, 15) is 12.8 Å². The van der Waals surface area contributed by atoms with Gasteiger partial charge in [0.1, 0.15) is 28.9 Å². The highest BCUT2D eigenvalue weighted by Crippen LogP contribution is 2.29. The highest BCUT2D eigenvalue weighted by Gasteiger charge is 2.33. The number of methoxy groups -OCH3 is 1. The zero-order chi connectivity index (χ0) is 17.9. The van der Waals surface area contributed by atoms with Crippen LogP contribution >= 0.6 is 0 Å². The number of halogens is 1. The molecule has 1 aromatic heterocycles. The second-order valence-corrected chi connectivity index (χ2v) is 7.49. The number of piperidine rings is 1. The largest absolute Gasteiger partial charge is 0.495 e. The summed E-state index contributed by atoms with van der Waals surface area (Å²) in [6, 6.07) is 5.06. The van der Waals surface area contributed by atoms with E-state index in [4.69, 9.17) is 9.47 Å². The number of aromatic nitrogens is 2. The second-order valence-electron chi connectivity index (χ2n) is 5.59. The molecule has 1 unspecified atom stereocenters. The van der Waals surface area contributed by atoms with Crippen LogP contribution in [0.15, 0.2) is 41.7 Å². The van der Waals surface area contributed by atoms with Crippen LogP contribution in [-0.4, -0.2) is 49.0 Å². The van der Waals surface area contributed by atoms with Gasteiger partial charge in [-0.15, -0.1) is 0 Å². The Kier molecular flexibility index (Phi) is 5.14. The van der Waals surface area contributed by atoms with Crippen molar-refractivity contribution in [3.8, 4) is 11.6 Å². The summed E-state index contributed by atoms with van der Waals surface area (Å²) in [5, 5.41) is 0. The minimum absolute atomic E-state index is 0.111. The molecule has 1 saturated heterocycles. The van der Waals surface area contributed by atoms with Gasteiger partial charge in [0, 0.05) is 18.8 Å². The smallest absolute Gasteiger partial charge is 0.246 e. The standard InChI is InChI=1S/C16H18FN3O4S/c1-23-14-5-4-12(17)9-15(14)25(21,22)20-8-2-3-13(10-20)24-16-6-7-18-11-19-16/h4-7,9,11,13H,2-3,8,10H2,1H3. The first kappa shape index (κ1) is 17.6. The second kappa shape index (κ2) is 7.32. The molecular weight excluding hydrogens is 349 g/mol. The summed E-state index contributed by atoms with van der Waals surface area (Å²) >= 11 is 0. The van der Waals surface area contributed by atoms with E-state index in [1.165, 1.54) is 23.8 Å². The molecular formula is C16H18FN3O4S. The predicted octanol–water partition coefficient (Wildman–Crippen LogP) is 1.86. The summed E-state index contributed by atoms with van der Waals surface area (Å²) in [5.41, 5.74) is 0. The first-order valence-electron chi connectivity index (χ1n) is 7.77. The molecule has 134 valence electrons. The molecule has 2 heterocycles. The summed E-state index contributed by atoms with van der Waals surface area (Å²) < 4.78 is 51.5. The Bertz CT molecular complexity index is 833. The highest BCUT2D eigenvalue weighted by molar-refractivity contribution is 7.89. The van der Waals surface area contributed by atoms with Crippen molar-refractivity contribution >= 4 is 10.0 Å². The minimum Gasteiger partial charge on any atom is -0.495 e. The van der Waals surface area contributed by atoms with E-state index in [2.05, 4.69) is 9.97 Å². The quantitative estimate of drug-likeness (QED) is 0.802. The Labute approximate surface area is 145 Å². The number of hydrogen-bond acceptors (Lipinski definition) is 6. The number of ether oxygens (including phenoxy) is 2. The first-order chi connectivity index (χ1) is 12.0. The molecule has 0 saturated carbocycles. The van der Waals surface area contributed by atoms with Crippen LogP contribution in [0.3, 0.4) is 0 Å². The zero-order valence-corrected chi connectivity index (χ0v) is 14.4. The predicted molar refractivity (Wildman–Crippen MR) is 87.4 cm³/mol. The molecule has 0 N–H and O–H groups in total. The molecule has 1 aliphatic rings. The molecule has 1 aromatic carbocycles. The summed E-state index contributed by atoms with van der Waals surface area (Å²) in [6.45, 7) is 0.498. The van der Waals surface area contributed by atoms with Gasteiger partial charge in [-0.1, -0.05) is 0 Å². The molecule has 2 aromatic rings. The van der Waals surface area contributed by atoms with E-state index >= 15 is 0 Å². The van der Waals surface area contributed by atoms with E-state index in [1.807, 2.05) is 0 Å². The van der Waals surface area contributed by atoms with Crippen molar-refractivity contribution in [3.63, 3.8) is 0 Å². The van der Waals surface area contributed by atoms with Crippen LogP contribution < -0.4 is 9.47 Å². The van der Waals surface area contributed by atoms with Crippen LogP contribution in [0.1, 0.15) is 12.8 Å². The summed E-state index contributed by atoms with van der Waals surface area (Å²) in [5.74, 6) is -0.131. The molecule has 0 bridgehead atoms. The van der Waals surface area contributed by atoms with Gasteiger partial charge in [-0.05, 0) is 31.0 Å². The fourth-order valence-corrected chi connectivity index (χ4v) is 4.41. The van der Waals surface area contributed by atoms with Crippen molar-refractivity contribution in [1.29, 1.82) is 0 Å². The van der Waals surface area contributed by atoms with Crippen LogP contribution in [0.2, 0.25) is 0 Å². The highest BCUT2D eigenvalue weighted by atomic mass is 32.2. The van der Waals surface area contributed by atoms with Crippen molar-refractivity contribution in [2.24, 2.45) is 0 Å². The number of benzene rings is 1. The SMILES string of the molecule is COc1ccc(F)cc1S(=O)(=O)N1CCCC(Oc2ccncn2)C1. The Morgan fingerprint density at radius 2 is 2.16 bits per heavy atom. The van der Waals surface area contributed by atoms with Crippen molar-refractivity contribution < 1.29 is 22.3 Å². The lowest BCUT2D eigenvalue weighted by Crippen LogP contribution is -2.44. The fraction of sp³-hybridized carbons (Fsp3) is 0.375. The van der Waals surface area contributed by atoms with Crippen molar-refractivity contribution in [3.05, 3.63) is 42.6 Å². The van der Waals surface area contributed by atoms with Crippen LogP contribution in [-0.2, 0) is 10.0 Å². The summed E-state index contributed by atoms with van der Waals surface area (Å²) in [6.07, 6.45) is 3.92. The van der Waals surface area contributed by atoms with Gasteiger partial charge in [0.25, 0.3) is 0 Å². The Morgan fingerprint density at radius 3 is 2.88 bits per heavy atom. The van der Waals surface area contributed by atoms with Gasteiger partial charge in [0.2, 0.25) is 15.9 Å². The van der Waals surface area contributed by atoms with E-state index in [1.54, 1.807) is 12.3 Å². The Morgan fingerprint density at radius 1 is 1.32 bits per heavy atom. The molecule has 1 fully saturated rings. The van der Waals surface area contributed by atoms with Crippen LogP contribution in [0.4, 0.5) is 4.39 Å². The van der Waals surface area contributed by atoms with Crippen molar-refractivity contribution in [2.75, 3.05) is 20.2 Å². The lowest BCUT2D eigenvalue weighted by molar-refractivity contribution is 0.124. The Balaban J connectivity index is 1.81. The van der Waals surface area contributed by atoms with E-state index in [0.29, 0.717) is 25.3 Å². The molecule has 0 aliphatic carbocycles. The maximum absolute atomic E-state index is 13.6. The maximum Gasteiger partial charge on any atom is 0.246 e. The first-order valence-corrected chi connectivity index (χ1v) is 9.21. The molecule has 0 radical (unpaired) electrons. The monoisotopic (exact) mass is 367 g/mol. The van der Waals surface area contributed by atoms with Gasteiger partial charge in [-0.3, -0.25) is 0 Å². The average molecular weight is 367 g/mol. The topological polar surface area (TPSA) is 81.6 Å². The number of rotatable bonds is 5. The van der Waals surface area contributed by atoms with Gasteiger partial charge in [0.15, 0.2) is 0 Å². The molecule has 1 atom stereocenters. The van der Waals surface area contributed by atoms with Gasteiger partial charge in [-0.25, -0.2) is 22.8 Å². The summed E-state index contributed by atoms with van der Waals surface area (Å²) in [4.78, 5) is 7.62. The van der Waals surface area contributed by atoms with E-state index in [-0.39, 0.29) is 23.3 Å². The third-order valence-corrected chi connectivity index (χ3v) is 5.81. The number of hydrogen-bond donors (Lipinski definition) is 0. The van der Waals surface area contributed by atoms with Gasteiger partial charge in [0.05, 0.1) is 13.7 Å². The zero-order valence-electron chi connectivity index (χ0n) is 13.6. The van der Waals surface area contributed by atoms with E-state index in [0.717, 1.165) is 12.1 Å². The lowest BCUT2D eigenvalue weighted by atomic mass is 10.1. The van der Waals surface area contributed by atoms with Crippen molar-refractivity contribution in [2.45, 2.75) is 23.8 Å². The van der Waals surface area contributed by atoms with Crippen LogP contribution in [0, 0.1) is 5.82 Å². The molecule has 0 spiro atoms. The number of nitrogens with zero attached hydrogens (tertiary/aromatic N) is 3. The van der Waals surface area contributed by atoms with Crippen LogP contribution in [0.25, 0.3) is 0 Å². The number of sulfonamides is 1. The Hall–Kier alpha value is -2.26. The third kappa shape index (κ3) is 3.88. The third-order valence-electron chi connectivity index (χ3n) is 3.93. The lowest BCUT2D eigenvalue weighted by Gasteiger charge is -2.32. The molecule has 7 nitrogen and oxygen atoms in total. The van der Waals surface area contributed by atoms with Gasteiger partial charge < -0.3 is 9.47 Å². The van der Waals surface area contributed by atoms with Crippen LogP contribution in [0.5, 0.6) is 11.6 Å². The van der Waals surface area contributed by atoms with E-state index < -0.39 is 15.8 Å². The summed E-state index contributed by atoms with van der Waals surface area (Å²) in [7, 11) is -2.55. The minimum atomic E-state index is -3.90. The molecule has 25 heavy (non-hydrogen) atoms. The fourth-order valence-electron chi connectivity index (χ4n) is 2.73. The average Bonchev–Trinajstić information content (AvgIpc) is 2.63. The molecule has 0 amide bonds. The normalized spacial score (nSPS) is 18.7. The molecule has 9 heteroatoms. The van der Waals surface area contributed by atoms with Gasteiger partial charge in [-0.2, -0.15) is 4.31 Å². The van der Waals surface area contributed by atoms with Gasteiger partial charge >= 0.3 is 0 Å². The van der Waals surface area contributed by atoms with Crippen molar-refractivity contribution in [1.82, 2.24) is 14.3 Å². The molecule has 1 aliphatic heterocycles. The maximum atomic E-state index is 13.6.